The van der Waals surface area contributed by atoms with E-state index in [0.29, 0.717) is 30.6 Å². The molecular formula is C16H22F3N3O3. The Kier molecular flexibility index (Phi) is 4.68. The number of hydrogen-bond acceptors (Lipinski definition) is 3. The topological polar surface area (TPSA) is 78.5 Å². The van der Waals surface area contributed by atoms with Crippen LogP contribution < -0.4 is 10.6 Å². The highest BCUT2D eigenvalue weighted by Crippen LogP contribution is 2.37. The molecule has 4 amide bonds. The summed E-state index contributed by atoms with van der Waals surface area (Å²) in [5, 5.41) is 3.58. The van der Waals surface area contributed by atoms with E-state index in [0.717, 1.165) is 32.1 Å². The Morgan fingerprint density at radius 1 is 1.04 bits per heavy atom. The van der Waals surface area contributed by atoms with Gasteiger partial charge in [-0.25, -0.2) is 4.79 Å². The average molecular weight is 361 g/mol. The van der Waals surface area contributed by atoms with Gasteiger partial charge in [-0.1, -0.05) is 32.1 Å². The van der Waals surface area contributed by atoms with E-state index in [4.69, 9.17) is 0 Å². The van der Waals surface area contributed by atoms with Gasteiger partial charge in [-0.05, 0) is 25.7 Å². The molecule has 0 bridgehead atoms. The molecule has 140 valence electrons. The van der Waals surface area contributed by atoms with Crippen molar-refractivity contribution in [2.45, 2.75) is 75.7 Å². The predicted molar refractivity (Wildman–Crippen MR) is 81.1 cm³/mol. The fourth-order valence-electron chi connectivity index (χ4n) is 4.04. The molecule has 3 aliphatic rings. The van der Waals surface area contributed by atoms with Gasteiger partial charge in [0.25, 0.3) is 11.6 Å². The normalized spacial score (nSPS) is 29.2. The molecule has 0 unspecified atom stereocenters. The minimum Gasteiger partial charge on any atom is -0.318 e. The van der Waals surface area contributed by atoms with Crippen molar-refractivity contribution in [1.82, 2.24) is 15.5 Å². The lowest BCUT2D eigenvalue weighted by atomic mass is 9.88. The molecule has 0 aromatic heterocycles. The van der Waals surface area contributed by atoms with Crippen LogP contribution in [0.1, 0.15) is 57.8 Å². The summed E-state index contributed by atoms with van der Waals surface area (Å²) < 4.78 is 41.3. The molecule has 2 saturated carbocycles. The van der Waals surface area contributed by atoms with Gasteiger partial charge in [-0.15, -0.1) is 0 Å². The van der Waals surface area contributed by atoms with Gasteiger partial charge in [-0.3, -0.25) is 19.8 Å². The summed E-state index contributed by atoms with van der Waals surface area (Å²) >= 11 is 0. The number of carbonyl (C=O) groups excluding carboxylic acids is 3. The first-order valence-corrected chi connectivity index (χ1v) is 8.81. The van der Waals surface area contributed by atoms with E-state index in [9.17, 15) is 27.6 Å². The summed E-state index contributed by atoms with van der Waals surface area (Å²) in [4.78, 5) is 37.7. The molecule has 9 heteroatoms. The maximum absolute atomic E-state index is 13.8. The lowest BCUT2D eigenvalue weighted by Crippen LogP contribution is -2.70. The smallest absolute Gasteiger partial charge is 0.318 e. The Bertz CT molecular complexity index is 569. The van der Waals surface area contributed by atoms with Crippen molar-refractivity contribution in [3.8, 4) is 0 Å². The molecule has 0 aromatic carbocycles. The van der Waals surface area contributed by atoms with Crippen molar-refractivity contribution in [2.75, 3.05) is 0 Å². The molecule has 1 heterocycles. The van der Waals surface area contributed by atoms with Crippen molar-refractivity contribution in [3.63, 3.8) is 0 Å². The Labute approximate surface area is 143 Å². The van der Waals surface area contributed by atoms with Crippen molar-refractivity contribution in [2.24, 2.45) is 5.92 Å². The molecular weight excluding hydrogens is 339 g/mol. The van der Waals surface area contributed by atoms with E-state index in [1.165, 1.54) is 0 Å². The summed E-state index contributed by atoms with van der Waals surface area (Å²) in [5.74, 6) is -2.79. The molecule has 1 aliphatic heterocycles. The first-order chi connectivity index (χ1) is 11.8. The molecule has 0 spiro atoms. The largest absolute Gasteiger partial charge is 0.440 e. The Hall–Kier alpha value is -1.80. The number of amides is 4. The zero-order valence-corrected chi connectivity index (χ0v) is 13.8. The quantitative estimate of drug-likeness (QED) is 0.758. The zero-order chi connectivity index (χ0) is 18.2. The number of urea groups is 1. The van der Waals surface area contributed by atoms with E-state index in [1.54, 1.807) is 5.32 Å². The second-order valence-electron chi connectivity index (χ2n) is 7.12. The molecule has 0 radical (unpaired) electrons. The van der Waals surface area contributed by atoms with Gasteiger partial charge in [0, 0.05) is 12.0 Å². The van der Waals surface area contributed by atoms with Crippen LogP contribution >= 0.6 is 0 Å². The highest BCUT2D eigenvalue weighted by Gasteiger charge is 2.69. The van der Waals surface area contributed by atoms with E-state index in [-0.39, 0.29) is 0 Å². The van der Waals surface area contributed by atoms with Crippen LogP contribution in [0.5, 0.6) is 0 Å². The number of halogens is 3. The second-order valence-corrected chi connectivity index (χ2v) is 7.12. The number of carbonyl (C=O) groups is 3. The van der Waals surface area contributed by atoms with Crippen molar-refractivity contribution < 1.29 is 27.6 Å². The summed E-state index contributed by atoms with van der Waals surface area (Å²) in [6.45, 7) is 0. The molecule has 2 aliphatic carbocycles. The van der Waals surface area contributed by atoms with Gasteiger partial charge in [0.05, 0.1) is 0 Å². The third-order valence-corrected chi connectivity index (χ3v) is 5.45. The van der Waals surface area contributed by atoms with Crippen LogP contribution in [0.15, 0.2) is 0 Å². The summed E-state index contributed by atoms with van der Waals surface area (Å²) in [5.41, 5.74) is -3.35. The highest BCUT2D eigenvalue weighted by molar-refractivity contribution is 6.09. The third-order valence-electron chi connectivity index (χ3n) is 5.45. The Balaban J connectivity index is 1.85. The lowest BCUT2D eigenvalue weighted by molar-refractivity contribution is -0.205. The Morgan fingerprint density at radius 3 is 2.16 bits per heavy atom. The Morgan fingerprint density at radius 2 is 1.60 bits per heavy atom. The molecule has 1 saturated heterocycles. The van der Waals surface area contributed by atoms with E-state index < -0.39 is 41.6 Å². The van der Waals surface area contributed by atoms with Crippen LogP contribution in [-0.2, 0) is 9.59 Å². The lowest BCUT2D eigenvalue weighted by Gasteiger charge is -2.32. The molecule has 3 rings (SSSR count). The maximum atomic E-state index is 13.8. The maximum Gasteiger partial charge on any atom is 0.440 e. The summed E-state index contributed by atoms with van der Waals surface area (Å²) in [6, 6.07) is -1.62. The van der Waals surface area contributed by atoms with Gasteiger partial charge < -0.3 is 5.32 Å². The summed E-state index contributed by atoms with van der Waals surface area (Å²) in [7, 11) is 0. The van der Waals surface area contributed by atoms with Crippen LogP contribution in [0.25, 0.3) is 0 Å². The molecule has 6 nitrogen and oxygen atoms in total. The van der Waals surface area contributed by atoms with Gasteiger partial charge >= 0.3 is 12.2 Å². The van der Waals surface area contributed by atoms with Crippen LogP contribution in [0.3, 0.4) is 0 Å². The number of rotatable bonds is 3. The first-order valence-electron chi connectivity index (χ1n) is 8.81. The molecule has 2 N–H and O–H groups in total. The first kappa shape index (κ1) is 18.0. The number of alkyl halides is 3. The highest BCUT2D eigenvalue weighted by atomic mass is 19.4. The summed E-state index contributed by atoms with van der Waals surface area (Å²) in [6.07, 6.45) is 0.855. The van der Waals surface area contributed by atoms with E-state index >= 15 is 0 Å². The average Bonchev–Trinajstić information content (AvgIpc) is 3.15. The van der Waals surface area contributed by atoms with Gasteiger partial charge in [0.2, 0.25) is 5.91 Å². The monoisotopic (exact) mass is 361 g/mol. The van der Waals surface area contributed by atoms with Crippen LogP contribution in [0.2, 0.25) is 0 Å². The van der Waals surface area contributed by atoms with Crippen LogP contribution in [0, 0.1) is 5.92 Å². The predicted octanol–water partition coefficient (Wildman–Crippen LogP) is 2.44. The van der Waals surface area contributed by atoms with Gasteiger partial charge in [0.1, 0.15) is 0 Å². The minimum absolute atomic E-state index is 0.490. The second kappa shape index (κ2) is 6.49. The van der Waals surface area contributed by atoms with Crippen LogP contribution in [-0.4, -0.2) is 40.6 Å². The van der Waals surface area contributed by atoms with E-state index in [1.807, 2.05) is 5.32 Å². The fourth-order valence-corrected chi connectivity index (χ4v) is 4.04. The van der Waals surface area contributed by atoms with Gasteiger partial charge in [-0.2, -0.15) is 13.2 Å². The number of nitrogens with one attached hydrogen (secondary N) is 2. The SMILES string of the molecule is O=C(N[C@@]1(C(F)(F)F)NC(=O)N(C2CCCC2)C1=O)C1CCCCC1. The fraction of sp³-hybridized carbons (Fsp3) is 0.812. The standard InChI is InChI=1S/C16H22F3N3O3/c17-16(18,19)15(20-12(23)10-6-2-1-3-7-10)13(24)22(14(25)21-15)11-8-4-5-9-11/h10-11H,1-9H2,(H,20,23)(H,21,25)/t15-/m1/s1. The van der Waals surface area contributed by atoms with Crippen molar-refractivity contribution in [3.05, 3.63) is 0 Å². The van der Waals surface area contributed by atoms with Crippen LogP contribution in [0.4, 0.5) is 18.0 Å². The molecule has 0 aromatic rings. The minimum atomic E-state index is -5.11. The number of hydrogen-bond donors (Lipinski definition) is 2. The zero-order valence-electron chi connectivity index (χ0n) is 13.8. The van der Waals surface area contributed by atoms with Crippen molar-refractivity contribution in [1.29, 1.82) is 0 Å². The van der Waals surface area contributed by atoms with Gasteiger partial charge in [0.15, 0.2) is 0 Å². The van der Waals surface area contributed by atoms with Crippen molar-refractivity contribution >= 4 is 17.8 Å². The third kappa shape index (κ3) is 3.08. The molecule has 1 atom stereocenters. The number of imide groups is 1. The molecule has 25 heavy (non-hydrogen) atoms. The van der Waals surface area contributed by atoms with E-state index in [2.05, 4.69) is 0 Å². The number of nitrogens with zero attached hydrogens (tertiary/aromatic N) is 1. The molecule has 3 fully saturated rings.